The Morgan fingerprint density at radius 3 is 2.07 bits per heavy atom. The molecule has 0 radical (unpaired) electrons. The summed E-state index contributed by atoms with van der Waals surface area (Å²) < 4.78 is 10.4. The van der Waals surface area contributed by atoms with Crippen molar-refractivity contribution in [3.05, 3.63) is 0 Å². The Hall–Kier alpha value is -1.10. The first kappa shape index (κ1) is 13.9. The highest BCUT2D eigenvalue weighted by atomic mass is 16.7. The molecule has 0 aromatic carbocycles. The highest BCUT2D eigenvalue weighted by molar-refractivity contribution is 5.90. The lowest BCUT2D eigenvalue weighted by atomic mass is 10.1. The molecule has 0 rings (SSSR count). The van der Waals surface area contributed by atoms with Crippen LogP contribution in [-0.4, -0.2) is 29.4 Å². The van der Waals surface area contributed by atoms with Gasteiger partial charge in [0.2, 0.25) is 5.79 Å². The topological polar surface area (TPSA) is 72.8 Å². The van der Waals surface area contributed by atoms with E-state index in [1.807, 2.05) is 13.8 Å². The lowest BCUT2D eigenvalue weighted by molar-refractivity contribution is -0.233. The third kappa shape index (κ3) is 4.78. The number of aliphatic carboxylic acids is 1. The first-order valence-corrected chi connectivity index (χ1v) is 5.07. The fourth-order valence-corrected chi connectivity index (χ4v) is 1.26. The Morgan fingerprint density at radius 2 is 1.73 bits per heavy atom. The summed E-state index contributed by atoms with van der Waals surface area (Å²) in [6.45, 7) is 5.87. The molecule has 0 saturated carbocycles. The van der Waals surface area contributed by atoms with E-state index in [9.17, 15) is 9.59 Å². The van der Waals surface area contributed by atoms with E-state index in [1.54, 1.807) is 6.92 Å². The largest absolute Gasteiger partial charge is 0.481 e. The van der Waals surface area contributed by atoms with Crippen molar-refractivity contribution in [2.24, 2.45) is 0 Å². The average Bonchev–Trinajstić information content (AvgIpc) is 2.15. The molecule has 0 heterocycles. The number of carboxylic acid groups (broad SMARTS) is 1. The maximum absolute atomic E-state index is 11.2. The van der Waals surface area contributed by atoms with Gasteiger partial charge in [0.05, 0.1) is 0 Å². The third-order valence-corrected chi connectivity index (χ3v) is 2.08. The molecular formula is C10H18O5. The van der Waals surface area contributed by atoms with Gasteiger partial charge in [-0.1, -0.05) is 13.8 Å². The lowest BCUT2D eigenvalue weighted by Crippen LogP contribution is -2.37. The highest BCUT2D eigenvalue weighted by Crippen LogP contribution is 2.22. The van der Waals surface area contributed by atoms with Crippen molar-refractivity contribution < 1.29 is 24.2 Å². The molecule has 5 nitrogen and oxygen atoms in total. The zero-order valence-electron chi connectivity index (χ0n) is 9.41. The van der Waals surface area contributed by atoms with Crippen LogP contribution in [0, 0.1) is 0 Å². The van der Waals surface area contributed by atoms with Crippen LogP contribution < -0.4 is 0 Å². The summed E-state index contributed by atoms with van der Waals surface area (Å²) in [6, 6.07) is 0. The first-order chi connectivity index (χ1) is 6.99. The van der Waals surface area contributed by atoms with Crippen LogP contribution in [0.3, 0.4) is 0 Å². The second kappa shape index (κ2) is 6.40. The molecule has 0 unspecified atom stereocenters. The number of esters is 1. The van der Waals surface area contributed by atoms with Crippen LogP contribution in [-0.2, 0) is 19.1 Å². The van der Waals surface area contributed by atoms with E-state index in [4.69, 9.17) is 14.6 Å². The van der Waals surface area contributed by atoms with E-state index >= 15 is 0 Å². The molecule has 0 aliphatic rings. The van der Waals surface area contributed by atoms with Crippen LogP contribution in [0.1, 0.15) is 40.0 Å². The number of ether oxygens (including phenoxy) is 2. The van der Waals surface area contributed by atoms with E-state index in [1.165, 1.54) is 0 Å². The van der Waals surface area contributed by atoms with Crippen molar-refractivity contribution in [2.75, 3.05) is 6.61 Å². The predicted octanol–water partition coefficient (Wildman–Crippen LogP) is 1.56. The Morgan fingerprint density at radius 1 is 1.20 bits per heavy atom. The van der Waals surface area contributed by atoms with Gasteiger partial charge in [0.1, 0.15) is 6.42 Å². The molecule has 15 heavy (non-hydrogen) atoms. The van der Waals surface area contributed by atoms with Crippen molar-refractivity contribution in [3.8, 4) is 0 Å². The van der Waals surface area contributed by atoms with Crippen LogP contribution in [0.4, 0.5) is 0 Å². The Labute approximate surface area is 89.4 Å². The summed E-state index contributed by atoms with van der Waals surface area (Å²) in [5, 5.41) is 8.41. The van der Waals surface area contributed by atoms with E-state index in [0.717, 1.165) is 0 Å². The summed E-state index contributed by atoms with van der Waals surface area (Å²) in [6.07, 6.45) is 0.375. The number of hydrogen-bond donors (Lipinski definition) is 1. The number of hydrogen-bond acceptors (Lipinski definition) is 4. The molecule has 0 aliphatic carbocycles. The lowest BCUT2D eigenvalue weighted by Gasteiger charge is -2.30. The minimum Gasteiger partial charge on any atom is -0.481 e. The Balaban J connectivity index is 4.38. The molecule has 0 fully saturated rings. The van der Waals surface area contributed by atoms with Gasteiger partial charge in [-0.2, -0.15) is 0 Å². The SMILES string of the molecule is CCOC(CC)(CC)OC(=O)CC(=O)O. The molecule has 0 atom stereocenters. The summed E-state index contributed by atoms with van der Waals surface area (Å²) in [7, 11) is 0. The molecule has 88 valence electrons. The van der Waals surface area contributed by atoms with Crippen LogP contribution >= 0.6 is 0 Å². The average molecular weight is 218 g/mol. The Kier molecular flexibility index (Phi) is 5.93. The van der Waals surface area contributed by atoms with Gasteiger partial charge in [-0.15, -0.1) is 0 Å². The van der Waals surface area contributed by atoms with Crippen molar-refractivity contribution in [1.82, 2.24) is 0 Å². The van der Waals surface area contributed by atoms with Crippen molar-refractivity contribution in [3.63, 3.8) is 0 Å². The molecule has 0 spiro atoms. The summed E-state index contributed by atoms with van der Waals surface area (Å²) in [5.74, 6) is -2.93. The normalized spacial score (nSPS) is 11.1. The van der Waals surface area contributed by atoms with E-state index in [0.29, 0.717) is 19.4 Å². The standard InChI is InChI=1S/C10H18O5/c1-4-10(5-2,14-6-3)15-9(13)7-8(11)12/h4-7H2,1-3H3,(H,11,12). The van der Waals surface area contributed by atoms with Gasteiger partial charge in [0, 0.05) is 19.4 Å². The molecule has 0 bridgehead atoms. The van der Waals surface area contributed by atoms with Crippen molar-refractivity contribution in [2.45, 2.75) is 45.8 Å². The Bertz CT molecular complexity index is 220. The third-order valence-electron chi connectivity index (χ3n) is 2.08. The molecule has 0 saturated heterocycles. The molecule has 0 amide bonds. The number of carbonyl (C=O) groups excluding carboxylic acids is 1. The molecule has 0 aromatic rings. The first-order valence-electron chi connectivity index (χ1n) is 5.07. The fraction of sp³-hybridized carbons (Fsp3) is 0.800. The maximum atomic E-state index is 11.2. The summed E-state index contributed by atoms with van der Waals surface area (Å²) in [5.41, 5.74) is 0. The summed E-state index contributed by atoms with van der Waals surface area (Å²) >= 11 is 0. The van der Waals surface area contributed by atoms with Crippen molar-refractivity contribution >= 4 is 11.9 Å². The van der Waals surface area contributed by atoms with E-state index < -0.39 is 24.1 Å². The van der Waals surface area contributed by atoms with E-state index in [2.05, 4.69) is 0 Å². The van der Waals surface area contributed by atoms with Gasteiger partial charge in [-0.25, -0.2) is 0 Å². The molecule has 0 aromatic heterocycles. The highest BCUT2D eigenvalue weighted by Gasteiger charge is 2.31. The molecular weight excluding hydrogens is 200 g/mol. The minimum absolute atomic E-state index is 0.419. The van der Waals surface area contributed by atoms with Crippen LogP contribution in [0.25, 0.3) is 0 Å². The number of carboxylic acids is 1. The smallest absolute Gasteiger partial charge is 0.319 e. The second-order valence-electron chi connectivity index (χ2n) is 3.10. The maximum Gasteiger partial charge on any atom is 0.319 e. The van der Waals surface area contributed by atoms with Crippen molar-refractivity contribution in [1.29, 1.82) is 0 Å². The number of rotatable bonds is 7. The quantitative estimate of drug-likeness (QED) is 0.399. The zero-order valence-corrected chi connectivity index (χ0v) is 9.41. The predicted molar refractivity (Wildman–Crippen MR) is 53.3 cm³/mol. The van der Waals surface area contributed by atoms with Gasteiger partial charge in [0.25, 0.3) is 0 Å². The summed E-state index contributed by atoms with van der Waals surface area (Å²) in [4.78, 5) is 21.5. The zero-order chi connectivity index (χ0) is 11.9. The molecule has 5 heteroatoms. The number of carbonyl (C=O) groups is 2. The van der Waals surface area contributed by atoms with Crippen LogP contribution in [0.2, 0.25) is 0 Å². The van der Waals surface area contributed by atoms with Gasteiger partial charge in [-0.05, 0) is 6.92 Å². The van der Waals surface area contributed by atoms with Gasteiger partial charge in [0.15, 0.2) is 0 Å². The molecule has 0 aliphatic heterocycles. The van der Waals surface area contributed by atoms with Gasteiger partial charge >= 0.3 is 11.9 Å². The van der Waals surface area contributed by atoms with Crippen LogP contribution in [0.5, 0.6) is 0 Å². The fourth-order valence-electron chi connectivity index (χ4n) is 1.26. The molecule has 1 N–H and O–H groups in total. The van der Waals surface area contributed by atoms with Gasteiger partial charge in [-0.3, -0.25) is 9.59 Å². The second-order valence-corrected chi connectivity index (χ2v) is 3.10. The van der Waals surface area contributed by atoms with Gasteiger partial charge < -0.3 is 14.6 Å². The monoisotopic (exact) mass is 218 g/mol. The minimum atomic E-state index is -1.20. The van der Waals surface area contributed by atoms with Crippen LogP contribution in [0.15, 0.2) is 0 Å². The van der Waals surface area contributed by atoms with E-state index in [-0.39, 0.29) is 0 Å².